The number of aromatic nitrogens is 5. The fourth-order valence-corrected chi connectivity index (χ4v) is 4.13. The summed E-state index contributed by atoms with van der Waals surface area (Å²) < 4.78 is 1.65. The van der Waals surface area contributed by atoms with Crippen LogP contribution in [0.15, 0.2) is 18.6 Å². The van der Waals surface area contributed by atoms with Gasteiger partial charge in [0.15, 0.2) is 5.65 Å². The molecular formula is C18H23N7OS. The Bertz CT molecular complexity index is 942. The highest BCUT2D eigenvalue weighted by Gasteiger charge is 2.23. The average Bonchev–Trinajstić information content (AvgIpc) is 3.33. The molecule has 0 aliphatic carbocycles. The second-order valence-electron chi connectivity index (χ2n) is 6.93. The number of carbonyl (C=O) groups excluding carboxylic acids is 1. The van der Waals surface area contributed by atoms with Crippen molar-refractivity contribution in [3.05, 3.63) is 34.7 Å². The molecule has 1 aliphatic heterocycles. The number of nitrogens with zero attached hydrogens (tertiary/aromatic N) is 6. The minimum Gasteiger partial charge on any atom is -0.352 e. The molecule has 0 spiro atoms. The van der Waals surface area contributed by atoms with Crippen molar-refractivity contribution in [2.45, 2.75) is 33.1 Å². The summed E-state index contributed by atoms with van der Waals surface area (Å²) in [5.74, 6) is 0.362. The molecule has 3 aromatic heterocycles. The Kier molecular flexibility index (Phi) is 5.02. The van der Waals surface area contributed by atoms with Crippen molar-refractivity contribution in [3.8, 4) is 0 Å². The molecule has 0 atom stereocenters. The Hall–Kier alpha value is -2.55. The maximum absolute atomic E-state index is 12.5. The molecule has 0 bridgehead atoms. The molecule has 1 fully saturated rings. The Morgan fingerprint density at radius 1 is 1.30 bits per heavy atom. The van der Waals surface area contributed by atoms with Gasteiger partial charge in [-0.3, -0.25) is 4.79 Å². The van der Waals surface area contributed by atoms with E-state index in [1.54, 1.807) is 28.2 Å². The normalized spacial score (nSPS) is 15.4. The third-order valence-corrected chi connectivity index (χ3v) is 6.05. The summed E-state index contributed by atoms with van der Waals surface area (Å²) in [5.41, 5.74) is 2.12. The molecule has 0 saturated carbocycles. The maximum Gasteiger partial charge on any atom is 0.256 e. The van der Waals surface area contributed by atoms with Crippen molar-refractivity contribution >= 4 is 28.0 Å². The lowest BCUT2D eigenvalue weighted by molar-refractivity contribution is 0.0946. The summed E-state index contributed by atoms with van der Waals surface area (Å²) in [6, 6.07) is 0. The molecule has 1 saturated heterocycles. The number of anilines is 1. The molecular weight excluding hydrogens is 362 g/mol. The van der Waals surface area contributed by atoms with E-state index in [-0.39, 0.29) is 5.91 Å². The number of hydrogen-bond donors (Lipinski definition) is 1. The largest absolute Gasteiger partial charge is 0.352 e. The molecule has 1 N–H and O–H groups in total. The van der Waals surface area contributed by atoms with Crippen molar-refractivity contribution in [3.63, 3.8) is 0 Å². The quantitative estimate of drug-likeness (QED) is 0.724. The maximum atomic E-state index is 12.5. The standard InChI is InChI=1S/C18H23N7OS/c1-3-15-22-23-18(27-15)24-6-4-13(5-7-24)9-20-17(26)14-10-21-25-11-12(2)8-19-16(14)25/h8,10-11,13H,3-7,9H2,1-2H3,(H,20,26). The van der Waals surface area contributed by atoms with Crippen LogP contribution in [-0.2, 0) is 6.42 Å². The van der Waals surface area contributed by atoms with Crippen LogP contribution in [-0.4, -0.2) is 50.3 Å². The highest BCUT2D eigenvalue weighted by atomic mass is 32.1. The van der Waals surface area contributed by atoms with Crippen molar-refractivity contribution in [2.24, 2.45) is 5.92 Å². The van der Waals surface area contributed by atoms with Crippen LogP contribution in [0.3, 0.4) is 0 Å². The van der Waals surface area contributed by atoms with Crippen molar-refractivity contribution in [2.75, 3.05) is 24.5 Å². The third-order valence-electron chi connectivity index (χ3n) is 4.93. The van der Waals surface area contributed by atoms with Gasteiger partial charge >= 0.3 is 0 Å². The predicted octanol–water partition coefficient (Wildman–Crippen LogP) is 2.10. The smallest absolute Gasteiger partial charge is 0.256 e. The van der Waals surface area contributed by atoms with E-state index in [1.165, 1.54) is 0 Å². The Morgan fingerprint density at radius 2 is 2.11 bits per heavy atom. The van der Waals surface area contributed by atoms with E-state index in [2.05, 4.69) is 37.4 Å². The van der Waals surface area contributed by atoms with Crippen molar-refractivity contribution < 1.29 is 4.79 Å². The van der Waals surface area contributed by atoms with Gasteiger partial charge in [0.25, 0.3) is 5.91 Å². The highest BCUT2D eigenvalue weighted by molar-refractivity contribution is 7.15. The number of piperidine rings is 1. The molecule has 9 heteroatoms. The van der Waals surface area contributed by atoms with Crippen LogP contribution in [0.4, 0.5) is 5.13 Å². The number of fused-ring (bicyclic) bond motifs is 1. The fraction of sp³-hybridized carbons (Fsp3) is 0.500. The topological polar surface area (TPSA) is 88.3 Å². The van der Waals surface area contributed by atoms with Gasteiger partial charge in [-0.05, 0) is 37.7 Å². The number of aryl methyl sites for hydroxylation is 2. The zero-order valence-corrected chi connectivity index (χ0v) is 16.4. The van der Waals surface area contributed by atoms with Crippen molar-refractivity contribution in [1.82, 2.24) is 30.1 Å². The fourth-order valence-electron chi connectivity index (χ4n) is 3.30. The van der Waals surface area contributed by atoms with E-state index in [0.29, 0.717) is 23.7 Å². The summed E-state index contributed by atoms with van der Waals surface area (Å²) >= 11 is 1.68. The Balaban J connectivity index is 1.31. The molecule has 0 aromatic carbocycles. The van der Waals surface area contributed by atoms with Crippen molar-refractivity contribution in [1.29, 1.82) is 0 Å². The minimum atomic E-state index is -0.111. The first-order valence-electron chi connectivity index (χ1n) is 9.29. The first-order valence-corrected chi connectivity index (χ1v) is 10.1. The van der Waals surface area contributed by atoms with E-state index >= 15 is 0 Å². The first kappa shape index (κ1) is 17.8. The van der Waals surface area contributed by atoms with Crippen LogP contribution in [0.25, 0.3) is 5.65 Å². The number of rotatable bonds is 5. The lowest BCUT2D eigenvalue weighted by Crippen LogP contribution is -2.38. The van der Waals surface area contributed by atoms with Crippen LogP contribution in [0.5, 0.6) is 0 Å². The number of nitrogens with one attached hydrogen (secondary N) is 1. The monoisotopic (exact) mass is 385 g/mol. The van der Waals surface area contributed by atoms with E-state index in [1.807, 2.05) is 13.1 Å². The summed E-state index contributed by atoms with van der Waals surface area (Å²) in [4.78, 5) is 19.2. The average molecular weight is 385 g/mol. The first-order chi connectivity index (χ1) is 13.1. The minimum absolute atomic E-state index is 0.111. The van der Waals surface area contributed by atoms with E-state index in [9.17, 15) is 4.79 Å². The number of hydrogen-bond acceptors (Lipinski definition) is 7. The summed E-state index contributed by atoms with van der Waals surface area (Å²) in [6.07, 6.45) is 8.20. The lowest BCUT2D eigenvalue weighted by atomic mass is 9.97. The summed E-state index contributed by atoms with van der Waals surface area (Å²) in [6.45, 7) is 6.63. The molecule has 1 amide bonds. The van der Waals surface area contributed by atoms with Gasteiger partial charge in [-0.25, -0.2) is 9.50 Å². The second-order valence-corrected chi connectivity index (χ2v) is 7.97. The van der Waals surface area contributed by atoms with Crippen LogP contribution >= 0.6 is 11.3 Å². The van der Waals surface area contributed by atoms with Gasteiger partial charge in [0, 0.05) is 32.0 Å². The number of amides is 1. The molecule has 8 nitrogen and oxygen atoms in total. The van der Waals surface area contributed by atoms with Gasteiger partial charge in [-0.2, -0.15) is 5.10 Å². The zero-order valence-electron chi connectivity index (χ0n) is 15.6. The van der Waals surface area contributed by atoms with E-state index < -0.39 is 0 Å². The van der Waals surface area contributed by atoms with Gasteiger partial charge in [0.2, 0.25) is 5.13 Å². The third kappa shape index (κ3) is 3.78. The van der Waals surface area contributed by atoms with E-state index in [0.717, 1.165) is 48.1 Å². The zero-order chi connectivity index (χ0) is 18.8. The molecule has 4 rings (SSSR count). The van der Waals surface area contributed by atoms with Gasteiger partial charge in [0.1, 0.15) is 10.6 Å². The Labute approximate surface area is 161 Å². The van der Waals surface area contributed by atoms with Gasteiger partial charge < -0.3 is 10.2 Å². The molecule has 27 heavy (non-hydrogen) atoms. The van der Waals surface area contributed by atoms with Gasteiger partial charge in [-0.15, -0.1) is 10.2 Å². The molecule has 142 valence electrons. The molecule has 1 aliphatic rings. The van der Waals surface area contributed by atoms with Crippen LogP contribution in [0.2, 0.25) is 0 Å². The molecule has 0 unspecified atom stereocenters. The Morgan fingerprint density at radius 3 is 2.85 bits per heavy atom. The highest BCUT2D eigenvalue weighted by Crippen LogP contribution is 2.26. The summed E-state index contributed by atoms with van der Waals surface area (Å²) in [5, 5.41) is 17.9. The second kappa shape index (κ2) is 7.59. The van der Waals surface area contributed by atoms with E-state index in [4.69, 9.17) is 0 Å². The molecule has 0 radical (unpaired) electrons. The van der Waals surface area contributed by atoms with Crippen LogP contribution in [0, 0.1) is 12.8 Å². The van der Waals surface area contributed by atoms with Gasteiger partial charge in [0.05, 0.1) is 6.20 Å². The SMILES string of the molecule is CCc1nnc(N2CCC(CNC(=O)c3cnn4cc(C)cnc34)CC2)s1. The molecule has 4 heterocycles. The predicted molar refractivity (Wildman–Crippen MR) is 104 cm³/mol. The lowest BCUT2D eigenvalue weighted by Gasteiger charge is -2.31. The van der Waals surface area contributed by atoms with Gasteiger partial charge in [-0.1, -0.05) is 18.3 Å². The number of carbonyl (C=O) groups is 1. The summed E-state index contributed by atoms with van der Waals surface area (Å²) in [7, 11) is 0. The van der Waals surface area contributed by atoms with Crippen LogP contribution < -0.4 is 10.2 Å². The van der Waals surface area contributed by atoms with Crippen LogP contribution in [0.1, 0.15) is 40.7 Å². The molecule has 3 aromatic rings.